The maximum atomic E-state index is 11.9. The molecule has 0 aromatic carbocycles. The molecule has 1 fully saturated rings. The number of carbonyl (C=O) groups is 1. The summed E-state index contributed by atoms with van der Waals surface area (Å²) in [6, 6.07) is 0.393. The minimum Gasteiger partial charge on any atom is -0.352 e. The Bertz CT molecular complexity index is 429. The first kappa shape index (κ1) is 13.4. The summed E-state index contributed by atoms with van der Waals surface area (Å²) < 4.78 is 1.95. The number of amides is 1. The highest BCUT2D eigenvalue weighted by atomic mass is 32.2. The van der Waals surface area contributed by atoms with Crippen molar-refractivity contribution in [3.63, 3.8) is 0 Å². The van der Waals surface area contributed by atoms with Gasteiger partial charge in [0.05, 0.1) is 11.8 Å². The summed E-state index contributed by atoms with van der Waals surface area (Å²) in [6.07, 6.45) is 2.21. The van der Waals surface area contributed by atoms with Crippen LogP contribution >= 0.6 is 11.8 Å². The highest BCUT2D eigenvalue weighted by Gasteiger charge is 2.27. The summed E-state index contributed by atoms with van der Waals surface area (Å²) in [4.78, 5) is 11.9. The number of aromatic nitrogens is 3. The number of carbonyl (C=O) groups excluding carboxylic acids is 1. The summed E-state index contributed by atoms with van der Waals surface area (Å²) in [5.74, 6) is 0.831. The molecule has 1 aliphatic rings. The van der Waals surface area contributed by atoms with Crippen molar-refractivity contribution in [1.29, 1.82) is 0 Å². The Kier molecular flexibility index (Phi) is 4.23. The fourth-order valence-electron chi connectivity index (χ4n) is 1.63. The molecule has 1 saturated carbocycles. The molecule has 0 radical (unpaired) electrons. The number of nitrogens with two attached hydrogens (primary N) is 1. The van der Waals surface area contributed by atoms with Gasteiger partial charge in [0, 0.05) is 12.6 Å². The second-order valence-corrected chi connectivity index (χ2v) is 5.70. The van der Waals surface area contributed by atoms with Gasteiger partial charge < -0.3 is 15.6 Å². The summed E-state index contributed by atoms with van der Waals surface area (Å²) in [7, 11) is 0. The van der Waals surface area contributed by atoms with Gasteiger partial charge in [-0.25, -0.2) is 0 Å². The van der Waals surface area contributed by atoms with Crippen LogP contribution in [0.3, 0.4) is 0 Å². The molecule has 100 valence electrons. The molecule has 1 unspecified atom stereocenters. The zero-order valence-electron chi connectivity index (χ0n) is 10.7. The van der Waals surface area contributed by atoms with E-state index >= 15 is 0 Å². The predicted octanol–water partition coefficient (Wildman–Crippen LogP) is 0.516. The van der Waals surface area contributed by atoms with Crippen molar-refractivity contribution >= 4 is 17.7 Å². The van der Waals surface area contributed by atoms with Crippen LogP contribution in [0.25, 0.3) is 0 Å². The van der Waals surface area contributed by atoms with Gasteiger partial charge in [0.2, 0.25) is 5.91 Å². The van der Waals surface area contributed by atoms with Gasteiger partial charge in [-0.15, -0.1) is 10.2 Å². The van der Waals surface area contributed by atoms with E-state index in [0.717, 1.165) is 30.4 Å². The van der Waals surface area contributed by atoms with Crippen LogP contribution in [0, 0.1) is 0 Å². The van der Waals surface area contributed by atoms with Crippen LogP contribution in [0.15, 0.2) is 5.16 Å². The number of nitrogens with one attached hydrogen (secondary N) is 1. The molecule has 0 saturated heterocycles. The number of thioether (sulfide) groups is 1. The molecule has 1 atom stereocenters. The Hall–Kier alpha value is -1.08. The Labute approximate surface area is 111 Å². The van der Waals surface area contributed by atoms with Gasteiger partial charge in [-0.1, -0.05) is 11.8 Å². The van der Waals surface area contributed by atoms with Crippen LogP contribution in [-0.2, 0) is 17.9 Å². The average Bonchev–Trinajstić information content (AvgIpc) is 3.08. The zero-order chi connectivity index (χ0) is 13.1. The maximum Gasteiger partial charge on any atom is 0.233 e. The molecular formula is C11H19N5OS. The lowest BCUT2D eigenvalue weighted by Crippen LogP contribution is -2.32. The smallest absolute Gasteiger partial charge is 0.233 e. The van der Waals surface area contributed by atoms with Crippen LogP contribution < -0.4 is 11.1 Å². The molecule has 0 aliphatic heterocycles. The molecule has 18 heavy (non-hydrogen) atoms. The van der Waals surface area contributed by atoms with E-state index in [4.69, 9.17) is 5.73 Å². The van der Waals surface area contributed by atoms with E-state index in [1.807, 2.05) is 18.4 Å². The van der Waals surface area contributed by atoms with E-state index in [9.17, 15) is 4.79 Å². The molecule has 6 nitrogen and oxygen atoms in total. The van der Waals surface area contributed by atoms with Gasteiger partial charge >= 0.3 is 0 Å². The van der Waals surface area contributed by atoms with Gasteiger partial charge in [0.15, 0.2) is 5.16 Å². The highest BCUT2D eigenvalue weighted by molar-refractivity contribution is 8.00. The second-order valence-electron chi connectivity index (χ2n) is 4.39. The third-order valence-corrected chi connectivity index (χ3v) is 3.95. The molecule has 0 bridgehead atoms. The molecule has 7 heteroatoms. The number of nitrogens with zero attached hydrogens (tertiary/aromatic N) is 3. The van der Waals surface area contributed by atoms with Gasteiger partial charge in [-0.05, 0) is 26.7 Å². The lowest BCUT2D eigenvalue weighted by Gasteiger charge is -2.11. The molecule has 1 heterocycles. The third kappa shape index (κ3) is 3.02. The van der Waals surface area contributed by atoms with Crippen molar-refractivity contribution in [2.45, 2.75) is 56.2 Å². The molecule has 1 amide bonds. The highest BCUT2D eigenvalue weighted by Crippen LogP contribution is 2.24. The largest absolute Gasteiger partial charge is 0.352 e. The van der Waals surface area contributed by atoms with E-state index in [0.29, 0.717) is 12.6 Å². The summed E-state index contributed by atoms with van der Waals surface area (Å²) in [5, 5.41) is 11.7. The first-order valence-electron chi connectivity index (χ1n) is 6.24. The molecule has 1 aromatic rings. The average molecular weight is 269 g/mol. The van der Waals surface area contributed by atoms with Crippen molar-refractivity contribution in [3.8, 4) is 0 Å². The topological polar surface area (TPSA) is 85.8 Å². The van der Waals surface area contributed by atoms with Crippen LogP contribution in [0.2, 0.25) is 0 Å². The Morgan fingerprint density at radius 1 is 1.61 bits per heavy atom. The van der Waals surface area contributed by atoms with E-state index in [-0.39, 0.29) is 11.2 Å². The normalized spacial score (nSPS) is 16.6. The first-order chi connectivity index (χ1) is 8.65. The number of hydrogen-bond donors (Lipinski definition) is 2. The van der Waals surface area contributed by atoms with Crippen LogP contribution in [0.1, 0.15) is 32.5 Å². The van der Waals surface area contributed by atoms with Crippen molar-refractivity contribution < 1.29 is 4.79 Å². The van der Waals surface area contributed by atoms with E-state index in [1.54, 1.807) is 0 Å². The molecule has 1 aliphatic carbocycles. The van der Waals surface area contributed by atoms with Crippen molar-refractivity contribution in [2.24, 2.45) is 5.73 Å². The maximum absolute atomic E-state index is 11.9. The Balaban J connectivity index is 1.98. The van der Waals surface area contributed by atoms with E-state index in [2.05, 4.69) is 15.5 Å². The molecule has 0 spiro atoms. The third-order valence-electron chi connectivity index (χ3n) is 2.87. The fourth-order valence-corrected chi connectivity index (χ4v) is 2.57. The van der Waals surface area contributed by atoms with Crippen LogP contribution in [0.5, 0.6) is 0 Å². The fraction of sp³-hybridized carbons (Fsp3) is 0.727. The minimum absolute atomic E-state index is 0.0717. The summed E-state index contributed by atoms with van der Waals surface area (Å²) in [5.41, 5.74) is 5.59. The summed E-state index contributed by atoms with van der Waals surface area (Å²) in [6.45, 7) is 5.03. The zero-order valence-corrected chi connectivity index (χ0v) is 11.5. The lowest BCUT2D eigenvalue weighted by atomic mass is 10.4. The van der Waals surface area contributed by atoms with Crippen molar-refractivity contribution in [3.05, 3.63) is 5.82 Å². The first-order valence-corrected chi connectivity index (χ1v) is 7.12. The molecular weight excluding hydrogens is 250 g/mol. The van der Waals surface area contributed by atoms with Crippen LogP contribution in [-0.4, -0.2) is 32.0 Å². The second kappa shape index (κ2) is 5.71. The number of rotatable bonds is 6. The van der Waals surface area contributed by atoms with Gasteiger partial charge in [-0.2, -0.15) is 0 Å². The van der Waals surface area contributed by atoms with Crippen molar-refractivity contribution in [1.82, 2.24) is 20.1 Å². The van der Waals surface area contributed by atoms with E-state index in [1.165, 1.54) is 11.8 Å². The van der Waals surface area contributed by atoms with Crippen LogP contribution in [0.4, 0.5) is 0 Å². The lowest BCUT2D eigenvalue weighted by molar-refractivity contribution is -0.120. The van der Waals surface area contributed by atoms with Gasteiger partial charge in [0.1, 0.15) is 5.82 Å². The SMILES string of the molecule is CCn1c(CN)nnc1SC(C)C(=O)NC1CC1. The Morgan fingerprint density at radius 3 is 2.89 bits per heavy atom. The van der Waals surface area contributed by atoms with E-state index < -0.39 is 0 Å². The predicted molar refractivity (Wildman–Crippen MR) is 70.1 cm³/mol. The minimum atomic E-state index is -0.161. The number of hydrogen-bond acceptors (Lipinski definition) is 5. The van der Waals surface area contributed by atoms with Crippen molar-refractivity contribution in [2.75, 3.05) is 0 Å². The quantitative estimate of drug-likeness (QED) is 0.735. The van der Waals surface area contributed by atoms with Gasteiger partial charge in [-0.3, -0.25) is 4.79 Å². The standard InChI is InChI=1S/C11H19N5OS/c1-3-16-9(6-12)14-15-11(16)18-7(2)10(17)13-8-4-5-8/h7-8H,3-6,12H2,1-2H3,(H,13,17). The monoisotopic (exact) mass is 269 g/mol. The molecule has 1 aromatic heterocycles. The molecule has 2 rings (SSSR count). The molecule has 3 N–H and O–H groups in total. The Morgan fingerprint density at radius 2 is 2.33 bits per heavy atom. The summed E-state index contributed by atoms with van der Waals surface area (Å²) >= 11 is 1.43. The van der Waals surface area contributed by atoms with Gasteiger partial charge in [0.25, 0.3) is 0 Å².